The first-order valence-electron chi connectivity index (χ1n) is 6.80. The summed E-state index contributed by atoms with van der Waals surface area (Å²) < 4.78 is 5.87. The van der Waals surface area contributed by atoms with Crippen LogP contribution in [-0.2, 0) is 4.74 Å². The summed E-state index contributed by atoms with van der Waals surface area (Å²) in [5.74, 6) is 1.90. The molecule has 0 heterocycles. The fourth-order valence-corrected chi connectivity index (χ4v) is 2.64. The quantitative estimate of drug-likeness (QED) is 0.779. The summed E-state index contributed by atoms with van der Waals surface area (Å²) in [6.07, 6.45) is 3.80. The summed E-state index contributed by atoms with van der Waals surface area (Å²) in [5.41, 5.74) is -1.11. The lowest BCUT2D eigenvalue weighted by molar-refractivity contribution is -0.116. The lowest BCUT2D eigenvalue weighted by Crippen LogP contribution is -2.41. The molecular formula is C14H28O3. The topological polar surface area (TPSA) is 49.7 Å². The minimum absolute atomic E-state index is 0.226. The van der Waals surface area contributed by atoms with Gasteiger partial charge in [-0.1, -0.05) is 27.2 Å². The second kappa shape index (κ2) is 6.17. The van der Waals surface area contributed by atoms with Crippen LogP contribution in [0.3, 0.4) is 0 Å². The van der Waals surface area contributed by atoms with Crippen molar-refractivity contribution in [3.05, 3.63) is 0 Å². The van der Waals surface area contributed by atoms with E-state index in [-0.39, 0.29) is 19.3 Å². The maximum Gasteiger partial charge on any atom is 0.108 e. The van der Waals surface area contributed by atoms with E-state index in [0.29, 0.717) is 17.8 Å². The molecular weight excluding hydrogens is 216 g/mol. The Morgan fingerprint density at radius 2 is 2.00 bits per heavy atom. The summed E-state index contributed by atoms with van der Waals surface area (Å²) in [4.78, 5) is 0. The average molecular weight is 244 g/mol. The van der Waals surface area contributed by atoms with Crippen LogP contribution in [0, 0.1) is 17.8 Å². The van der Waals surface area contributed by atoms with Crippen LogP contribution in [0.1, 0.15) is 47.0 Å². The lowest BCUT2D eigenvalue weighted by Gasteiger charge is -2.38. The van der Waals surface area contributed by atoms with E-state index in [0.717, 1.165) is 6.42 Å². The van der Waals surface area contributed by atoms with Crippen LogP contribution in [0.4, 0.5) is 0 Å². The third-order valence-electron chi connectivity index (χ3n) is 3.91. The highest BCUT2D eigenvalue weighted by Crippen LogP contribution is 2.35. The maximum absolute atomic E-state index is 9.77. The Hall–Kier alpha value is -0.120. The number of aliphatic hydroxyl groups excluding tert-OH is 1. The maximum atomic E-state index is 9.77. The normalized spacial score (nSPS) is 33.7. The van der Waals surface area contributed by atoms with Crippen LogP contribution in [0.15, 0.2) is 0 Å². The van der Waals surface area contributed by atoms with Gasteiger partial charge in [0.2, 0.25) is 0 Å². The molecule has 0 amide bonds. The van der Waals surface area contributed by atoms with E-state index in [1.807, 2.05) is 0 Å². The van der Waals surface area contributed by atoms with Gasteiger partial charge in [-0.25, -0.2) is 0 Å². The first-order valence-corrected chi connectivity index (χ1v) is 6.80. The van der Waals surface area contributed by atoms with Gasteiger partial charge in [0.1, 0.15) is 5.60 Å². The Balaban J connectivity index is 2.52. The van der Waals surface area contributed by atoms with Crippen molar-refractivity contribution in [2.75, 3.05) is 13.2 Å². The average Bonchev–Trinajstić information content (AvgIpc) is 2.26. The Kier molecular flexibility index (Phi) is 5.42. The van der Waals surface area contributed by atoms with Crippen molar-refractivity contribution in [3.63, 3.8) is 0 Å². The largest absolute Gasteiger partial charge is 0.393 e. The summed E-state index contributed by atoms with van der Waals surface area (Å²) in [5, 5.41) is 18.8. The third kappa shape index (κ3) is 4.57. The molecule has 3 nitrogen and oxygen atoms in total. The number of hydrogen-bond donors (Lipinski definition) is 2. The Morgan fingerprint density at radius 3 is 2.53 bits per heavy atom. The molecule has 2 N–H and O–H groups in total. The first kappa shape index (κ1) is 14.9. The lowest BCUT2D eigenvalue weighted by atomic mass is 9.75. The van der Waals surface area contributed by atoms with Crippen molar-refractivity contribution < 1.29 is 14.9 Å². The van der Waals surface area contributed by atoms with Gasteiger partial charge in [0, 0.05) is 0 Å². The standard InChI is InChI=1S/C14H28O3/c1-10(2)12-6-5-11(3)7-13(12)17-9-14(4,16)8-15/h10-13,15-16H,5-9H2,1-4H3/t11-,12+,13-,14-/m0/s1. The second-order valence-corrected chi connectivity index (χ2v) is 6.33. The first-order chi connectivity index (χ1) is 7.85. The molecule has 0 aliphatic heterocycles. The highest BCUT2D eigenvalue weighted by molar-refractivity contribution is 4.82. The molecule has 0 aromatic carbocycles. The number of hydrogen-bond acceptors (Lipinski definition) is 3. The highest BCUT2D eigenvalue weighted by Gasteiger charge is 2.33. The molecule has 1 fully saturated rings. The molecule has 1 aliphatic rings. The molecule has 1 aliphatic carbocycles. The molecule has 3 heteroatoms. The van der Waals surface area contributed by atoms with Crippen molar-refractivity contribution >= 4 is 0 Å². The fourth-order valence-electron chi connectivity index (χ4n) is 2.64. The molecule has 0 aromatic rings. The van der Waals surface area contributed by atoms with Crippen molar-refractivity contribution in [1.29, 1.82) is 0 Å². The molecule has 0 unspecified atom stereocenters. The zero-order valence-corrected chi connectivity index (χ0v) is 11.6. The second-order valence-electron chi connectivity index (χ2n) is 6.33. The molecule has 17 heavy (non-hydrogen) atoms. The van der Waals surface area contributed by atoms with Gasteiger partial charge in [-0.3, -0.25) is 0 Å². The molecule has 0 radical (unpaired) electrons. The van der Waals surface area contributed by atoms with Crippen molar-refractivity contribution in [3.8, 4) is 0 Å². The molecule has 0 spiro atoms. The van der Waals surface area contributed by atoms with Crippen LogP contribution in [0.25, 0.3) is 0 Å². The van der Waals surface area contributed by atoms with E-state index in [1.54, 1.807) is 6.92 Å². The fraction of sp³-hybridized carbons (Fsp3) is 1.00. The summed E-state index contributed by atoms with van der Waals surface area (Å²) in [6, 6.07) is 0. The molecule has 4 atom stereocenters. The summed E-state index contributed by atoms with van der Waals surface area (Å²) >= 11 is 0. The van der Waals surface area contributed by atoms with Gasteiger partial charge in [-0.2, -0.15) is 0 Å². The predicted octanol–water partition coefficient (Wildman–Crippen LogP) is 2.21. The third-order valence-corrected chi connectivity index (χ3v) is 3.91. The van der Waals surface area contributed by atoms with Crippen molar-refractivity contribution in [2.45, 2.75) is 58.7 Å². The molecule has 102 valence electrons. The van der Waals surface area contributed by atoms with Crippen LogP contribution >= 0.6 is 0 Å². The highest BCUT2D eigenvalue weighted by atomic mass is 16.5. The smallest absolute Gasteiger partial charge is 0.108 e. The van der Waals surface area contributed by atoms with Gasteiger partial charge in [0.25, 0.3) is 0 Å². The molecule has 0 bridgehead atoms. The van der Waals surface area contributed by atoms with Crippen molar-refractivity contribution in [2.24, 2.45) is 17.8 Å². The van der Waals surface area contributed by atoms with E-state index in [4.69, 9.17) is 9.84 Å². The predicted molar refractivity (Wildman–Crippen MR) is 68.8 cm³/mol. The van der Waals surface area contributed by atoms with Crippen molar-refractivity contribution in [1.82, 2.24) is 0 Å². The Bertz CT molecular complexity index is 226. The van der Waals surface area contributed by atoms with Crippen LogP contribution < -0.4 is 0 Å². The minimum Gasteiger partial charge on any atom is -0.393 e. The van der Waals surface area contributed by atoms with Gasteiger partial charge >= 0.3 is 0 Å². The monoisotopic (exact) mass is 244 g/mol. The number of aliphatic hydroxyl groups is 2. The SMILES string of the molecule is CC(C)[C@H]1CC[C@H](C)C[C@@H]1OC[C@@](C)(O)CO. The molecule has 0 aromatic heterocycles. The van der Waals surface area contributed by atoms with Crippen LogP contribution in [-0.4, -0.2) is 35.1 Å². The molecule has 1 rings (SSSR count). The van der Waals surface area contributed by atoms with Gasteiger partial charge in [0.15, 0.2) is 0 Å². The zero-order chi connectivity index (χ0) is 13.1. The van der Waals surface area contributed by atoms with E-state index < -0.39 is 5.60 Å². The van der Waals surface area contributed by atoms with E-state index >= 15 is 0 Å². The Morgan fingerprint density at radius 1 is 1.35 bits per heavy atom. The van der Waals surface area contributed by atoms with Crippen LogP contribution in [0.5, 0.6) is 0 Å². The van der Waals surface area contributed by atoms with E-state index in [1.165, 1.54) is 12.8 Å². The Labute approximate surface area is 105 Å². The van der Waals surface area contributed by atoms with Gasteiger partial charge in [-0.05, 0) is 37.5 Å². The van der Waals surface area contributed by atoms with Gasteiger partial charge in [0.05, 0.1) is 19.3 Å². The zero-order valence-electron chi connectivity index (χ0n) is 11.6. The van der Waals surface area contributed by atoms with E-state index in [9.17, 15) is 5.11 Å². The molecule has 0 saturated heterocycles. The van der Waals surface area contributed by atoms with Gasteiger partial charge < -0.3 is 14.9 Å². The molecule has 1 saturated carbocycles. The summed E-state index contributed by atoms with van der Waals surface area (Å²) in [6.45, 7) is 8.33. The van der Waals surface area contributed by atoms with Crippen LogP contribution in [0.2, 0.25) is 0 Å². The minimum atomic E-state index is -1.11. The van der Waals surface area contributed by atoms with Gasteiger partial charge in [-0.15, -0.1) is 0 Å². The number of rotatable bonds is 5. The summed E-state index contributed by atoms with van der Waals surface area (Å²) in [7, 11) is 0. The number of ether oxygens (including phenoxy) is 1. The van der Waals surface area contributed by atoms with E-state index in [2.05, 4.69) is 20.8 Å².